The lowest BCUT2D eigenvalue weighted by Gasteiger charge is -2.13. The lowest BCUT2D eigenvalue weighted by Crippen LogP contribution is -2.13. The number of aromatic nitrogens is 4. The van der Waals surface area contributed by atoms with Crippen LogP contribution in [0.25, 0.3) is 22.8 Å². The Hall–Kier alpha value is -4.81. The van der Waals surface area contributed by atoms with Crippen LogP contribution >= 0.6 is 0 Å². The number of carbonyl (C=O) groups is 2. The summed E-state index contributed by atoms with van der Waals surface area (Å²) in [5, 5.41) is 10.5. The van der Waals surface area contributed by atoms with Gasteiger partial charge in [0.15, 0.2) is 6.10 Å². The molecule has 222 valence electrons. The van der Waals surface area contributed by atoms with Crippen molar-refractivity contribution in [1.82, 2.24) is 20.3 Å². The monoisotopic (exact) mass is 581 g/mol. The number of rotatable bonds is 13. The van der Waals surface area contributed by atoms with Gasteiger partial charge in [0.25, 0.3) is 5.89 Å². The minimum atomic E-state index is -0.777. The highest BCUT2D eigenvalue weighted by Gasteiger charge is 2.21. The first-order chi connectivity index (χ1) is 20.3. The molecule has 1 N–H and O–H groups in total. The Labute approximate surface area is 241 Å². The highest BCUT2D eigenvalue weighted by molar-refractivity contribution is 5.91. The number of ether oxygens (including phenoxy) is 3. The number of methoxy groups -OCH3 is 1. The van der Waals surface area contributed by atoms with E-state index in [0.29, 0.717) is 42.3 Å². The SMILES string of the molecule is CCC(Oc1ccc(-c2noc(C(C)C)n2)cc1)c1nc(-c2ccc(NC(=O)CCCCOC(=O)OC)c(F)c2)no1. The predicted octanol–water partition coefficient (Wildman–Crippen LogP) is 6.47. The van der Waals surface area contributed by atoms with Gasteiger partial charge >= 0.3 is 6.16 Å². The first-order valence-corrected chi connectivity index (χ1v) is 13.5. The molecule has 42 heavy (non-hydrogen) atoms. The molecule has 0 saturated carbocycles. The second kappa shape index (κ2) is 14.2. The summed E-state index contributed by atoms with van der Waals surface area (Å²) in [4.78, 5) is 31.9. The molecular weight excluding hydrogens is 549 g/mol. The van der Waals surface area contributed by atoms with Crippen LogP contribution in [0.1, 0.15) is 70.3 Å². The van der Waals surface area contributed by atoms with Crippen molar-refractivity contribution in [2.24, 2.45) is 0 Å². The average molecular weight is 582 g/mol. The van der Waals surface area contributed by atoms with Crippen LogP contribution in [0, 0.1) is 5.82 Å². The average Bonchev–Trinajstić information content (AvgIpc) is 3.68. The molecule has 2 aromatic carbocycles. The first kappa shape index (κ1) is 30.2. The smallest absolute Gasteiger partial charge is 0.481 e. The van der Waals surface area contributed by atoms with Gasteiger partial charge in [0.05, 0.1) is 19.4 Å². The van der Waals surface area contributed by atoms with Gasteiger partial charge in [-0.1, -0.05) is 31.1 Å². The third-order valence-electron chi connectivity index (χ3n) is 6.10. The molecule has 2 heterocycles. The zero-order valence-corrected chi connectivity index (χ0v) is 23.8. The number of benzene rings is 2. The van der Waals surface area contributed by atoms with E-state index in [0.717, 1.165) is 5.56 Å². The number of unbranched alkanes of at least 4 members (excludes halogenated alkanes) is 1. The molecule has 13 heteroatoms. The summed E-state index contributed by atoms with van der Waals surface area (Å²) in [5.74, 6) is 1.20. The summed E-state index contributed by atoms with van der Waals surface area (Å²) >= 11 is 0. The molecule has 0 spiro atoms. The molecule has 0 bridgehead atoms. The molecule has 2 aromatic heterocycles. The second-order valence-corrected chi connectivity index (χ2v) is 9.61. The van der Waals surface area contributed by atoms with Gasteiger partial charge < -0.3 is 28.6 Å². The van der Waals surface area contributed by atoms with Crippen molar-refractivity contribution in [1.29, 1.82) is 0 Å². The van der Waals surface area contributed by atoms with Crippen molar-refractivity contribution >= 4 is 17.7 Å². The van der Waals surface area contributed by atoms with Gasteiger partial charge in [-0.3, -0.25) is 4.79 Å². The molecule has 0 fully saturated rings. The van der Waals surface area contributed by atoms with Crippen molar-refractivity contribution < 1.29 is 37.2 Å². The number of anilines is 1. The van der Waals surface area contributed by atoms with Gasteiger partial charge in [0, 0.05) is 23.5 Å². The molecule has 1 atom stereocenters. The molecule has 0 aliphatic heterocycles. The number of hydrogen-bond acceptors (Lipinski definition) is 11. The Kier molecular flexibility index (Phi) is 10.2. The Morgan fingerprint density at radius 2 is 1.62 bits per heavy atom. The quantitative estimate of drug-likeness (QED) is 0.137. The molecule has 4 rings (SSSR count). The van der Waals surface area contributed by atoms with Crippen LogP contribution in [0.5, 0.6) is 5.75 Å². The minimum Gasteiger partial charge on any atom is -0.481 e. The first-order valence-electron chi connectivity index (χ1n) is 13.5. The lowest BCUT2D eigenvalue weighted by atomic mass is 10.1. The Balaban J connectivity index is 1.33. The summed E-state index contributed by atoms with van der Waals surface area (Å²) < 4.78 is 40.7. The van der Waals surface area contributed by atoms with E-state index >= 15 is 0 Å². The van der Waals surface area contributed by atoms with E-state index in [1.807, 2.05) is 32.9 Å². The van der Waals surface area contributed by atoms with E-state index in [1.165, 1.54) is 19.2 Å². The standard InChI is InChI=1S/C29H32FN5O7/c1-5-23(40-20-12-9-18(10-13-20)25-32-27(17(2)3)41-34-25)28-33-26(35-42-28)19-11-14-22(21(30)16-19)31-24(36)8-6-7-15-39-29(37)38-4/h9-14,16-17,23H,5-8,15H2,1-4H3,(H,31,36). The Bertz CT molecular complexity index is 1490. The predicted molar refractivity (Wildman–Crippen MR) is 148 cm³/mol. The summed E-state index contributed by atoms with van der Waals surface area (Å²) in [6, 6.07) is 11.5. The molecule has 1 unspecified atom stereocenters. The van der Waals surface area contributed by atoms with Crippen LogP contribution in [0.3, 0.4) is 0 Å². The van der Waals surface area contributed by atoms with Crippen molar-refractivity contribution in [2.45, 2.75) is 58.5 Å². The molecule has 4 aromatic rings. The van der Waals surface area contributed by atoms with Gasteiger partial charge in [-0.05, 0) is 61.7 Å². The van der Waals surface area contributed by atoms with Crippen molar-refractivity contribution in [3.63, 3.8) is 0 Å². The number of nitrogens with one attached hydrogen (secondary N) is 1. The molecule has 12 nitrogen and oxygen atoms in total. The van der Waals surface area contributed by atoms with Crippen LogP contribution in [0.15, 0.2) is 51.5 Å². The molecule has 1 amide bonds. The Morgan fingerprint density at radius 1 is 0.952 bits per heavy atom. The number of halogens is 1. The van der Waals surface area contributed by atoms with Gasteiger partial charge in [-0.2, -0.15) is 9.97 Å². The van der Waals surface area contributed by atoms with Gasteiger partial charge in [-0.25, -0.2) is 9.18 Å². The number of nitrogens with zero attached hydrogens (tertiary/aromatic N) is 4. The van der Waals surface area contributed by atoms with E-state index in [2.05, 4.69) is 30.3 Å². The normalized spacial score (nSPS) is 11.8. The molecule has 0 radical (unpaired) electrons. The van der Waals surface area contributed by atoms with E-state index in [-0.39, 0.29) is 42.3 Å². The minimum absolute atomic E-state index is 0.0257. The van der Waals surface area contributed by atoms with E-state index in [4.69, 9.17) is 18.5 Å². The summed E-state index contributed by atoms with van der Waals surface area (Å²) in [5.41, 5.74) is 1.19. The topological polar surface area (TPSA) is 152 Å². The largest absolute Gasteiger partial charge is 0.507 e. The zero-order chi connectivity index (χ0) is 30.1. The number of hydrogen-bond donors (Lipinski definition) is 1. The van der Waals surface area contributed by atoms with Crippen molar-refractivity contribution in [3.8, 4) is 28.5 Å². The number of amides is 1. The van der Waals surface area contributed by atoms with Crippen molar-refractivity contribution in [2.75, 3.05) is 19.0 Å². The summed E-state index contributed by atoms with van der Waals surface area (Å²) in [7, 11) is 1.22. The van der Waals surface area contributed by atoms with Gasteiger partial charge in [0.1, 0.15) is 11.6 Å². The van der Waals surface area contributed by atoms with Crippen LogP contribution in [-0.4, -0.2) is 46.1 Å². The lowest BCUT2D eigenvalue weighted by molar-refractivity contribution is -0.116. The van der Waals surface area contributed by atoms with E-state index in [9.17, 15) is 14.0 Å². The summed E-state index contributed by atoms with van der Waals surface area (Å²) in [6.45, 7) is 6.00. The maximum Gasteiger partial charge on any atom is 0.507 e. The maximum atomic E-state index is 14.8. The zero-order valence-electron chi connectivity index (χ0n) is 23.8. The van der Waals surface area contributed by atoms with Crippen LogP contribution < -0.4 is 10.1 Å². The molecule has 0 saturated heterocycles. The van der Waals surface area contributed by atoms with Crippen molar-refractivity contribution in [3.05, 3.63) is 60.1 Å². The second-order valence-electron chi connectivity index (χ2n) is 9.61. The van der Waals surface area contributed by atoms with Crippen LogP contribution in [0.2, 0.25) is 0 Å². The van der Waals surface area contributed by atoms with Gasteiger partial charge in [-0.15, -0.1) is 0 Å². The van der Waals surface area contributed by atoms with Crippen LogP contribution in [0.4, 0.5) is 14.9 Å². The van der Waals surface area contributed by atoms with Crippen LogP contribution in [-0.2, 0) is 14.3 Å². The van der Waals surface area contributed by atoms with E-state index in [1.54, 1.807) is 18.2 Å². The maximum absolute atomic E-state index is 14.8. The fraction of sp³-hybridized carbons (Fsp3) is 0.379. The fourth-order valence-corrected chi connectivity index (χ4v) is 3.80. The van der Waals surface area contributed by atoms with Gasteiger partial charge in [0.2, 0.25) is 23.4 Å². The molecule has 0 aliphatic carbocycles. The third-order valence-corrected chi connectivity index (χ3v) is 6.10. The molecular formula is C29H32FN5O7. The molecule has 0 aliphatic rings. The summed E-state index contributed by atoms with van der Waals surface area (Å²) in [6.07, 6.45) is 0.294. The highest BCUT2D eigenvalue weighted by atomic mass is 19.1. The number of carbonyl (C=O) groups excluding carboxylic acids is 2. The Morgan fingerprint density at radius 3 is 2.26 bits per heavy atom. The highest BCUT2D eigenvalue weighted by Crippen LogP contribution is 2.29. The fourth-order valence-electron chi connectivity index (χ4n) is 3.80. The van der Waals surface area contributed by atoms with E-state index < -0.39 is 18.1 Å². The third kappa shape index (κ3) is 7.89.